The fourth-order valence-corrected chi connectivity index (χ4v) is 1.55. The molecule has 1 aromatic carbocycles. The number of benzene rings is 1. The Bertz CT molecular complexity index is 409. The maximum atomic E-state index is 5.28. The minimum atomic E-state index is 0.903. The molecule has 2 aromatic rings. The lowest BCUT2D eigenvalue weighted by Gasteiger charge is -2.06. The van der Waals surface area contributed by atoms with Gasteiger partial charge < -0.3 is 4.74 Å². The van der Waals surface area contributed by atoms with E-state index < -0.39 is 0 Å². The lowest BCUT2D eigenvalue weighted by molar-refractivity contribution is 0.409. The van der Waals surface area contributed by atoms with E-state index >= 15 is 0 Å². The molecule has 0 unspecified atom stereocenters. The summed E-state index contributed by atoms with van der Waals surface area (Å²) in [7, 11) is 1.70. The summed E-state index contributed by atoms with van der Waals surface area (Å²) in [5, 5.41) is 6.75. The highest BCUT2D eigenvalue weighted by molar-refractivity contribution is 5.33. The highest BCUT2D eigenvalue weighted by atomic mass is 16.5. The summed E-state index contributed by atoms with van der Waals surface area (Å²) >= 11 is 0. The van der Waals surface area contributed by atoms with E-state index in [4.69, 9.17) is 4.74 Å². The zero-order valence-electron chi connectivity index (χ0n) is 8.66. The van der Waals surface area contributed by atoms with Crippen LogP contribution in [0.3, 0.4) is 0 Å². The first-order valence-electron chi connectivity index (χ1n) is 4.92. The quantitative estimate of drug-likeness (QED) is 0.821. The highest BCUT2D eigenvalue weighted by Crippen LogP contribution is 2.18. The third-order valence-electron chi connectivity index (χ3n) is 2.35. The first kappa shape index (κ1) is 9.77. The SMILES string of the molecule is COc1ccccc1CCc1c[c][nH]n1. The zero-order chi connectivity index (χ0) is 10.5. The average Bonchev–Trinajstić information content (AvgIpc) is 2.79. The highest BCUT2D eigenvalue weighted by Gasteiger charge is 2.02. The second-order valence-corrected chi connectivity index (χ2v) is 3.32. The fraction of sp³-hybridized carbons (Fsp3) is 0.250. The molecule has 0 atom stereocenters. The predicted octanol–water partition coefficient (Wildman–Crippen LogP) is 2.00. The summed E-state index contributed by atoms with van der Waals surface area (Å²) in [4.78, 5) is 0. The Balaban J connectivity index is 2.04. The number of hydrogen-bond acceptors (Lipinski definition) is 2. The van der Waals surface area contributed by atoms with Crippen LogP contribution in [0.1, 0.15) is 11.3 Å². The van der Waals surface area contributed by atoms with E-state index in [2.05, 4.69) is 22.5 Å². The second kappa shape index (κ2) is 4.64. The molecule has 0 bridgehead atoms. The van der Waals surface area contributed by atoms with Gasteiger partial charge in [-0.25, -0.2) is 0 Å². The lowest BCUT2D eigenvalue weighted by Crippen LogP contribution is -1.95. The molecule has 0 fully saturated rings. The Morgan fingerprint density at radius 3 is 2.93 bits per heavy atom. The number of para-hydroxylation sites is 1. The third-order valence-corrected chi connectivity index (χ3v) is 2.35. The fourth-order valence-electron chi connectivity index (χ4n) is 1.55. The standard InChI is InChI=1S/C12H13N2O/c1-15-12-5-3-2-4-10(12)6-7-11-8-9-13-14-11/h2-5,8H,6-7H2,1H3,(H,13,14). The Morgan fingerprint density at radius 1 is 1.33 bits per heavy atom. The van der Waals surface area contributed by atoms with Gasteiger partial charge in [-0.05, 0) is 30.5 Å². The van der Waals surface area contributed by atoms with Crippen LogP contribution in [0.4, 0.5) is 0 Å². The number of nitrogens with zero attached hydrogens (tertiary/aromatic N) is 1. The van der Waals surface area contributed by atoms with Gasteiger partial charge in [-0.2, -0.15) is 5.10 Å². The zero-order valence-corrected chi connectivity index (χ0v) is 8.66. The maximum absolute atomic E-state index is 5.28. The molecule has 1 radical (unpaired) electrons. The largest absolute Gasteiger partial charge is 0.496 e. The third kappa shape index (κ3) is 2.37. The summed E-state index contributed by atoms with van der Waals surface area (Å²) in [6.07, 6.45) is 4.66. The summed E-state index contributed by atoms with van der Waals surface area (Å²) < 4.78 is 5.28. The second-order valence-electron chi connectivity index (χ2n) is 3.32. The number of ether oxygens (including phenoxy) is 1. The topological polar surface area (TPSA) is 37.9 Å². The van der Waals surface area contributed by atoms with Crippen molar-refractivity contribution in [1.29, 1.82) is 0 Å². The Morgan fingerprint density at radius 2 is 2.20 bits per heavy atom. The number of H-pyrrole nitrogens is 1. The van der Waals surface area contributed by atoms with E-state index in [0.29, 0.717) is 0 Å². The van der Waals surface area contributed by atoms with Gasteiger partial charge in [-0.1, -0.05) is 18.2 Å². The van der Waals surface area contributed by atoms with Crippen molar-refractivity contribution >= 4 is 0 Å². The molecule has 77 valence electrons. The first-order chi connectivity index (χ1) is 7.40. The number of aromatic amines is 1. The molecule has 0 aliphatic carbocycles. The molecule has 2 rings (SSSR count). The molecule has 1 heterocycles. The molecule has 3 nitrogen and oxygen atoms in total. The molecular formula is C12H13N2O. The van der Waals surface area contributed by atoms with Crippen LogP contribution in [-0.4, -0.2) is 17.3 Å². The number of rotatable bonds is 4. The van der Waals surface area contributed by atoms with Crippen molar-refractivity contribution in [1.82, 2.24) is 10.2 Å². The minimum absolute atomic E-state index is 0.903. The van der Waals surface area contributed by atoms with Crippen LogP contribution in [0, 0.1) is 6.20 Å². The van der Waals surface area contributed by atoms with E-state index in [9.17, 15) is 0 Å². The Hall–Kier alpha value is -1.77. The van der Waals surface area contributed by atoms with E-state index in [1.54, 1.807) is 7.11 Å². The molecule has 0 amide bonds. The van der Waals surface area contributed by atoms with Crippen molar-refractivity contribution in [2.45, 2.75) is 12.8 Å². The molecule has 0 aliphatic heterocycles. The summed E-state index contributed by atoms with van der Waals surface area (Å²) in [5.74, 6) is 0.942. The number of methoxy groups -OCH3 is 1. The van der Waals surface area contributed by atoms with Gasteiger partial charge in [-0.15, -0.1) is 0 Å². The van der Waals surface area contributed by atoms with Crippen LogP contribution in [-0.2, 0) is 12.8 Å². The maximum Gasteiger partial charge on any atom is 0.122 e. The first-order valence-corrected chi connectivity index (χ1v) is 4.92. The molecular weight excluding hydrogens is 188 g/mol. The molecule has 3 heteroatoms. The summed E-state index contributed by atoms with van der Waals surface area (Å²) in [6, 6.07) is 9.93. The molecule has 15 heavy (non-hydrogen) atoms. The molecule has 0 spiro atoms. The smallest absolute Gasteiger partial charge is 0.122 e. The molecule has 0 saturated heterocycles. The summed E-state index contributed by atoms with van der Waals surface area (Å²) in [6.45, 7) is 0. The normalized spacial score (nSPS) is 10.2. The monoisotopic (exact) mass is 201 g/mol. The van der Waals surface area contributed by atoms with Gasteiger partial charge in [0.1, 0.15) is 5.75 Å². The van der Waals surface area contributed by atoms with E-state index in [1.807, 2.05) is 24.3 Å². The van der Waals surface area contributed by atoms with Crippen molar-refractivity contribution in [2.24, 2.45) is 0 Å². The van der Waals surface area contributed by atoms with Crippen molar-refractivity contribution < 1.29 is 4.74 Å². The van der Waals surface area contributed by atoms with Gasteiger partial charge in [0.25, 0.3) is 0 Å². The van der Waals surface area contributed by atoms with Gasteiger partial charge >= 0.3 is 0 Å². The van der Waals surface area contributed by atoms with Crippen LogP contribution >= 0.6 is 0 Å². The molecule has 0 saturated carbocycles. The van der Waals surface area contributed by atoms with Crippen molar-refractivity contribution in [2.75, 3.05) is 7.11 Å². The molecule has 0 aliphatic rings. The number of aryl methyl sites for hydroxylation is 2. The van der Waals surface area contributed by atoms with Crippen LogP contribution in [0.2, 0.25) is 0 Å². The summed E-state index contributed by atoms with van der Waals surface area (Å²) in [5.41, 5.74) is 2.24. The predicted molar refractivity (Wildman–Crippen MR) is 57.8 cm³/mol. The van der Waals surface area contributed by atoms with Gasteiger partial charge in [0.2, 0.25) is 0 Å². The van der Waals surface area contributed by atoms with Crippen LogP contribution < -0.4 is 4.74 Å². The molecule has 1 aromatic heterocycles. The van der Waals surface area contributed by atoms with E-state index in [-0.39, 0.29) is 0 Å². The number of aromatic nitrogens is 2. The average molecular weight is 201 g/mol. The van der Waals surface area contributed by atoms with E-state index in [0.717, 1.165) is 24.3 Å². The minimum Gasteiger partial charge on any atom is -0.496 e. The van der Waals surface area contributed by atoms with Crippen molar-refractivity contribution in [3.63, 3.8) is 0 Å². The van der Waals surface area contributed by atoms with Gasteiger partial charge in [0.15, 0.2) is 0 Å². The van der Waals surface area contributed by atoms with E-state index in [1.165, 1.54) is 5.56 Å². The van der Waals surface area contributed by atoms with Crippen LogP contribution in [0.15, 0.2) is 30.3 Å². The Labute approximate surface area is 89.1 Å². The number of hydrogen-bond donors (Lipinski definition) is 1. The van der Waals surface area contributed by atoms with Gasteiger partial charge in [0, 0.05) is 0 Å². The van der Waals surface area contributed by atoms with Crippen LogP contribution in [0.5, 0.6) is 5.75 Å². The van der Waals surface area contributed by atoms with Gasteiger partial charge in [-0.3, -0.25) is 5.10 Å². The number of nitrogens with one attached hydrogen (secondary N) is 1. The van der Waals surface area contributed by atoms with Crippen molar-refractivity contribution in [3.8, 4) is 5.75 Å². The van der Waals surface area contributed by atoms with Crippen molar-refractivity contribution in [3.05, 3.63) is 47.8 Å². The lowest BCUT2D eigenvalue weighted by atomic mass is 10.1. The van der Waals surface area contributed by atoms with Gasteiger partial charge in [0.05, 0.1) is 19.0 Å². The Kier molecular flexibility index (Phi) is 3.02. The van der Waals surface area contributed by atoms with Crippen LogP contribution in [0.25, 0.3) is 0 Å². The molecule has 1 N–H and O–H groups in total.